The number of phenolic OH excluding ortho intramolecular Hbond substituents is 6. The van der Waals surface area contributed by atoms with Gasteiger partial charge < -0.3 is 30.6 Å². The molecule has 0 unspecified atom stereocenters. The first kappa shape index (κ1) is 13.3. The van der Waals surface area contributed by atoms with Crippen molar-refractivity contribution < 1.29 is 30.6 Å². The molecule has 6 heteroatoms. The Bertz CT molecular complexity index is 388. The minimum absolute atomic E-state index is 0.146. The summed E-state index contributed by atoms with van der Waals surface area (Å²) in [6, 6.07) is 6.83. The highest BCUT2D eigenvalue weighted by atomic mass is 16.3. The number of phenols is 6. The van der Waals surface area contributed by atoms with Crippen LogP contribution >= 0.6 is 0 Å². The molecule has 2 aromatic carbocycles. The van der Waals surface area contributed by atoms with Crippen LogP contribution in [0.25, 0.3) is 0 Å². The molecular weight excluding hydrogens is 240 g/mol. The predicted molar refractivity (Wildman–Crippen MR) is 62.9 cm³/mol. The van der Waals surface area contributed by atoms with Crippen LogP contribution in [-0.2, 0) is 0 Å². The van der Waals surface area contributed by atoms with Gasteiger partial charge in [0.05, 0.1) is 0 Å². The molecule has 0 radical (unpaired) electrons. The largest absolute Gasteiger partial charge is 0.508 e. The van der Waals surface area contributed by atoms with Gasteiger partial charge in [-0.2, -0.15) is 0 Å². The number of benzene rings is 2. The topological polar surface area (TPSA) is 121 Å². The Balaban J connectivity index is 0.000000180. The maximum absolute atomic E-state index is 8.67. The molecule has 0 aliphatic heterocycles. The van der Waals surface area contributed by atoms with E-state index in [4.69, 9.17) is 30.6 Å². The van der Waals surface area contributed by atoms with Gasteiger partial charge in [0.15, 0.2) is 0 Å². The monoisotopic (exact) mass is 252 g/mol. The molecule has 2 rings (SSSR count). The Hall–Kier alpha value is -2.76. The molecule has 2 aromatic rings. The molecular formula is C12H12O6. The van der Waals surface area contributed by atoms with E-state index < -0.39 is 0 Å². The van der Waals surface area contributed by atoms with E-state index in [-0.39, 0.29) is 34.5 Å². The fourth-order valence-electron chi connectivity index (χ4n) is 1.16. The molecule has 0 spiro atoms. The highest BCUT2D eigenvalue weighted by molar-refractivity contribution is 5.39. The van der Waals surface area contributed by atoms with Gasteiger partial charge in [-0.05, 0) is 0 Å². The Morgan fingerprint density at radius 1 is 0.333 bits per heavy atom. The van der Waals surface area contributed by atoms with Gasteiger partial charge in [0, 0.05) is 36.4 Å². The molecule has 18 heavy (non-hydrogen) atoms. The zero-order valence-electron chi connectivity index (χ0n) is 9.15. The summed E-state index contributed by atoms with van der Waals surface area (Å²) >= 11 is 0. The Morgan fingerprint density at radius 2 is 0.444 bits per heavy atom. The molecule has 6 nitrogen and oxygen atoms in total. The first-order chi connectivity index (χ1) is 8.36. The minimum atomic E-state index is -0.146. The molecule has 0 bridgehead atoms. The molecule has 0 heterocycles. The van der Waals surface area contributed by atoms with Gasteiger partial charge in [-0.15, -0.1) is 0 Å². The molecule has 0 aromatic heterocycles. The van der Waals surface area contributed by atoms with E-state index in [1.165, 1.54) is 0 Å². The van der Waals surface area contributed by atoms with Crippen LogP contribution in [0.4, 0.5) is 0 Å². The molecule has 0 amide bonds. The first-order valence-corrected chi connectivity index (χ1v) is 4.81. The Morgan fingerprint density at radius 3 is 0.556 bits per heavy atom. The van der Waals surface area contributed by atoms with Crippen LogP contribution in [-0.4, -0.2) is 30.6 Å². The second-order valence-corrected chi connectivity index (χ2v) is 3.42. The lowest BCUT2D eigenvalue weighted by Crippen LogP contribution is -1.66. The average Bonchev–Trinajstić information content (AvgIpc) is 2.12. The molecule has 0 fully saturated rings. The molecule has 0 saturated heterocycles. The lowest BCUT2D eigenvalue weighted by molar-refractivity contribution is 0.426. The summed E-state index contributed by atoms with van der Waals surface area (Å²) in [4.78, 5) is 0. The maximum atomic E-state index is 8.67. The van der Waals surface area contributed by atoms with E-state index in [1.807, 2.05) is 0 Å². The Kier molecular flexibility index (Phi) is 4.09. The zero-order chi connectivity index (χ0) is 13.7. The third kappa shape index (κ3) is 4.40. The Labute approximate surface area is 102 Å². The van der Waals surface area contributed by atoms with Crippen LogP contribution < -0.4 is 0 Å². The quantitative estimate of drug-likeness (QED) is 0.423. The van der Waals surface area contributed by atoms with Crippen LogP contribution in [0.15, 0.2) is 36.4 Å². The van der Waals surface area contributed by atoms with E-state index in [1.54, 1.807) is 0 Å². The summed E-state index contributed by atoms with van der Waals surface area (Å²) < 4.78 is 0. The predicted octanol–water partition coefficient (Wildman–Crippen LogP) is 1.61. The van der Waals surface area contributed by atoms with Crippen molar-refractivity contribution >= 4 is 0 Å². The van der Waals surface area contributed by atoms with Crippen molar-refractivity contribution in [2.24, 2.45) is 0 Å². The van der Waals surface area contributed by atoms with Crippen molar-refractivity contribution in [3.05, 3.63) is 36.4 Å². The zero-order valence-corrected chi connectivity index (χ0v) is 9.15. The number of rotatable bonds is 0. The summed E-state index contributed by atoms with van der Waals surface area (Å²) in [6.45, 7) is 0. The van der Waals surface area contributed by atoms with Gasteiger partial charge >= 0.3 is 0 Å². The summed E-state index contributed by atoms with van der Waals surface area (Å²) in [6.07, 6.45) is 0. The SMILES string of the molecule is Oc1cc(O)cc(O)c1.Oc1cc(O)cc(O)c1. The van der Waals surface area contributed by atoms with Crippen LogP contribution in [0, 0.1) is 0 Å². The fraction of sp³-hybridized carbons (Fsp3) is 0. The molecule has 0 aliphatic carbocycles. The number of hydrogen-bond acceptors (Lipinski definition) is 6. The molecule has 96 valence electrons. The lowest BCUT2D eigenvalue weighted by Gasteiger charge is -1.94. The van der Waals surface area contributed by atoms with Crippen molar-refractivity contribution in [3.8, 4) is 34.5 Å². The van der Waals surface area contributed by atoms with E-state index >= 15 is 0 Å². The summed E-state index contributed by atoms with van der Waals surface area (Å²) in [5, 5.41) is 52.0. The van der Waals surface area contributed by atoms with E-state index in [0.717, 1.165) is 36.4 Å². The maximum Gasteiger partial charge on any atom is 0.122 e. The molecule has 0 saturated carbocycles. The van der Waals surface area contributed by atoms with E-state index in [9.17, 15) is 0 Å². The normalized spacial score (nSPS) is 9.33. The third-order valence-electron chi connectivity index (χ3n) is 1.77. The lowest BCUT2D eigenvalue weighted by atomic mass is 10.3. The third-order valence-corrected chi connectivity index (χ3v) is 1.77. The van der Waals surface area contributed by atoms with Crippen molar-refractivity contribution in [1.82, 2.24) is 0 Å². The second kappa shape index (κ2) is 5.53. The highest BCUT2D eigenvalue weighted by Gasteiger charge is 1.94. The second-order valence-electron chi connectivity index (χ2n) is 3.42. The molecule has 0 aliphatic rings. The van der Waals surface area contributed by atoms with Gasteiger partial charge in [0.1, 0.15) is 34.5 Å². The smallest absolute Gasteiger partial charge is 0.122 e. The van der Waals surface area contributed by atoms with Crippen molar-refractivity contribution in [3.63, 3.8) is 0 Å². The van der Waals surface area contributed by atoms with Crippen molar-refractivity contribution in [2.45, 2.75) is 0 Å². The molecule has 6 N–H and O–H groups in total. The van der Waals surface area contributed by atoms with Crippen LogP contribution in [0.5, 0.6) is 34.5 Å². The van der Waals surface area contributed by atoms with E-state index in [0.29, 0.717) is 0 Å². The van der Waals surface area contributed by atoms with Gasteiger partial charge in [-0.25, -0.2) is 0 Å². The van der Waals surface area contributed by atoms with Crippen molar-refractivity contribution in [1.29, 1.82) is 0 Å². The van der Waals surface area contributed by atoms with Crippen LogP contribution in [0.1, 0.15) is 0 Å². The summed E-state index contributed by atoms with van der Waals surface area (Å²) in [5.74, 6) is -0.875. The minimum Gasteiger partial charge on any atom is -0.508 e. The van der Waals surface area contributed by atoms with E-state index in [2.05, 4.69) is 0 Å². The van der Waals surface area contributed by atoms with Crippen LogP contribution in [0.3, 0.4) is 0 Å². The van der Waals surface area contributed by atoms with Gasteiger partial charge in [0.25, 0.3) is 0 Å². The summed E-state index contributed by atoms with van der Waals surface area (Å²) in [7, 11) is 0. The molecule has 0 atom stereocenters. The first-order valence-electron chi connectivity index (χ1n) is 4.81. The van der Waals surface area contributed by atoms with Gasteiger partial charge in [-0.1, -0.05) is 0 Å². The van der Waals surface area contributed by atoms with Gasteiger partial charge in [0.2, 0.25) is 0 Å². The highest BCUT2D eigenvalue weighted by Crippen LogP contribution is 2.24. The van der Waals surface area contributed by atoms with Gasteiger partial charge in [-0.3, -0.25) is 0 Å². The summed E-state index contributed by atoms with van der Waals surface area (Å²) in [5.41, 5.74) is 0. The standard InChI is InChI=1S/2C6H6O3/c2*7-4-1-5(8)3-6(9)2-4/h2*1-3,7-9H. The average molecular weight is 252 g/mol. The number of hydrogen-bond donors (Lipinski definition) is 6. The van der Waals surface area contributed by atoms with Crippen LogP contribution in [0.2, 0.25) is 0 Å². The fourth-order valence-corrected chi connectivity index (χ4v) is 1.16. The van der Waals surface area contributed by atoms with Crippen molar-refractivity contribution in [2.75, 3.05) is 0 Å². The number of aromatic hydroxyl groups is 6.